The van der Waals surface area contributed by atoms with Gasteiger partial charge in [-0.05, 0) is 39.0 Å². The van der Waals surface area contributed by atoms with Gasteiger partial charge in [0.25, 0.3) is 0 Å². The molecule has 0 aromatic carbocycles. The number of fused-ring (bicyclic) bond motifs is 1. The summed E-state index contributed by atoms with van der Waals surface area (Å²) in [5.74, 6) is 1.01. The molecular weight excluding hydrogens is 272 g/mol. The molecule has 5 heteroatoms. The van der Waals surface area contributed by atoms with E-state index in [0.29, 0.717) is 0 Å². The van der Waals surface area contributed by atoms with Crippen LogP contribution in [0.2, 0.25) is 0 Å². The van der Waals surface area contributed by atoms with E-state index in [9.17, 15) is 0 Å². The number of aromatic nitrogens is 4. The molecule has 20 heavy (non-hydrogen) atoms. The van der Waals surface area contributed by atoms with Crippen molar-refractivity contribution in [2.45, 2.75) is 63.8 Å². The lowest BCUT2D eigenvalue weighted by atomic mass is 9.74. The van der Waals surface area contributed by atoms with Crippen LogP contribution in [0.1, 0.15) is 63.3 Å². The molecule has 0 aliphatic heterocycles. The number of aryl methyl sites for hydroxylation is 2. The minimum atomic E-state index is -0.0730. The Morgan fingerprint density at radius 2 is 2.05 bits per heavy atom. The van der Waals surface area contributed by atoms with Gasteiger partial charge in [-0.15, -0.1) is 11.6 Å². The SMILES string of the molecule is CCc1nn(C)c2c1nc(C(C)Cl)n2C1(CC)CCC1. The average molecular weight is 295 g/mol. The first-order chi connectivity index (χ1) is 9.54. The molecule has 0 spiro atoms. The van der Waals surface area contributed by atoms with E-state index in [2.05, 4.69) is 23.5 Å². The monoisotopic (exact) mass is 294 g/mol. The molecule has 2 aromatic rings. The number of hydrogen-bond donors (Lipinski definition) is 0. The maximum absolute atomic E-state index is 6.42. The summed E-state index contributed by atoms with van der Waals surface area (Å²) < 4.78 is 4.38. The number of nitrogens with zero attached hydrogens (tertiary/aromatic N) is 4. The Morgan fingerprint density at radius 3 is 2.50 bits per heavy atom. The molecule has 1 atom stereocenters. The predicted molar refractivity (Wildman–Crippen MR) is 82.3 cm³/mol. The highest BCUT2D eigenvalue weighted by atomic mass is 35.5. The number of rotatable bonds is 4. The third kappa shape index (κ3) is 1.73. The first kappa shape index (κ1) is 13.9. The smallest absolute Gasteiger partial charge is 0.159 e. The quantitative estimate of drug-likeness (QED) is 0.801. The number of imidazole rings is 1. The van der Waals surface area contributed by atoms with Crippen LogP contribution in [0.25, 0.3) is 11.2 Å². The van der Waals surface area contributed by atoms with Crippen LogP contribution in [0.4, 0.5) is 0 Å². The second-order valence-electron chi connectivity index (χ2n) is 5.95. The van der Waals surface area contributed by atoms with Crippen LogP contribution in [0, 0.1) is 0 Å². The standard InChI is InChI=1S/C15H23ClN4/c1-5-11-12-14(19(4)18-11)20(13(17-12)10(3)16)15(6-2)8-7-9-15/h10H,5-9H2,1-4H3. The summed E-state index contributed by atoms with van der Waals surface area (Å²) in [4.78, 5) is 4.85. The Labute approximate surface area is 125 Å². The lowest BCUT2D eigenvalue weighted by molar-refractivity contribution is 0.135. The van der Waals surface area contributed by atoms with Gasteiger partial charge in [0.15, 0.2) is 5.65 Å². The molecule has 0 amide bonds. The van der Waals surface area contributed by atoms with E-state index >= 15 is 0 Å². The van der Waals surface area contributed by atoms with Crippen molar-refractivity contribution in [1.82, 2.24) is 19.3 Å². The third-order valence-corrected chi connectivity index (χ3v) is 5.03. The van der Waals surface area contributed by atoms with Crippen molar-refractivity contribution < 1.29 is 0 Å². The van der Waals surface area contributed by atoms with E-state index in [1.807, 2.05) is 18.7 Å². The zero-order valence-electron chi connectivity index (χ0n) is 12.8. The van der Waals surface area contributed by atoms with Crippen molar-refractivity contribution in [3.05, 3.63) is 11.5 Å². The van der Waals surface area contributed by atoms with Crippen molar-refractivity contribution in [3.63, 3.8) is 0 Å². The third-order valence-electron chi connectivity index (χ3n) is 4.84. The predicted octanol–water partition coefficient (Wildman–Crippen LogP) is 3.92. The van der Waals surface area contributed by atoms with Gasteiger partial charge in [-0.2, -0.15) is 5.10 Å². The fourth-order valence-electron chi connectivity index (χ4n) is 3.49. The van der Waals surface area contributed by atoms with Gasteiger partial charge in [0, 0.05) is 12.6 Å². The molecule has 1 aliphatic carbocycles. The molecule has 2 aromatic heterocycles. The van der Waals surface area contributed by atoms with Gasteiger partial charge < -0.3 is 4.57 Å². The fourth-order valence-corrected chi connectivity index (χ4v) is 3.64. The van der Waals surface area contributed by atoms with Crippen molar-refractivity contribution in [2.75, 3.05) is 0 Å². The maximum atomic E-state index is 6.42. The fraction of sp³-hybridized carbons (Fsp3) is 0.733. The second-order valence-corrected chi connectivity index (χ2v) is 6.60. The molecule has 0 radical (unpaired) electrons. The molecule has 4 nitrogen and oxygen atoms in total. The van der Waals surface area contributed by atoms with Crippen LogP contribution in [0.3, 0.4) is 0 Å². The number of hydrogen-bond acceptors (Lipinski definition) is 2. The topological polar surface area (TPSA) is 35.6 Å². The van der Waals surface area contributed by atoms with Gasteiger partial charge in [0.2, 0.25) is 0 Å². The molecule has 110 valence electrons. The summed E-state index contributed by atoms with van der Waals surface area (Å²) in [6.45, 7) is 6.41. The molecule has 2 heterocycles. The first-order valence-corrected chi connectivity index (χ1v) is 8.06. The minimum absolute atomic E-state index is 0.0730. The largest absolute Gasteiger partial charge is 0.305 e. The molecule has 3 rings (SSSR count). The van der Waals surface area contributed by atoms with Gasteiger partial charge >= 0.3 is 0 Å². The van der Waals surface area contributed by atoms with Crippen molar-refractivity contribution in [1.29, 1.82) is 0 Å². The summed E-state index contributed by atoms with van der Waals surface area (Å²) in [5, 5.41) is 4.55. The average Bonchev–Trinajstić information content (AvgIpc) is 2.88. The van der Waals surface area contributed by atoms with E-state index < -0.39 is 0 Å². The Hall–Kier alpha value is -1.03. The molecule has 0 saturated heterocycles. The van der Waals surface area contributed by atoms with Gasteiger partial charge in [-0.3, -0.25) is 4.68 Å². The van der Waals surface area contributed by atoms with Gasteiger partial charge in [-0.25, -0.2) is 4.98 Å². The molecule has 1 aliphatic rings. The number of alkyl halides is 1. The summed E-state index contributed by atoms with van der Waals surface area (Å²) >= 11 is 6.42. The zero-order chi connectivity index (χ0) is 14.5. The van der Waals surface area contributed by atoms with Gasteiger partial charge in [-0.1, -0.05) is 13.8 Å². The molecule has 0 bridgehead atoms. The molecule has 1 unspecified atom stereocenters. The molecular formula is C15H23ClN4. The summed E-state index contributed by atoms with van der Waals surface area (Å²) in [5.41, 5.74) is 3.46. The summed E-state index contributed by atoms with van der Waals surface area (Å²) in [7, 11) is 2.02. The lowest BCUT2D eigenvalue weighted by Gasteiger charge is -2.44. The first-order valence-electron chi connectivity index (χ1n) is 7.63. The summed E-state index contributed by atoms with van der Waals surface area (Å²) in [6, 6.07) is 0. The van der Waals surface area contributed by atoms with Crippen LogP contribution in [0.5, 0.6) is 0 Å². The van der Waals surface area contributed by atoms with Gasteiger partial charge in [0.05, 0.1) is 11.1 Å². The van der Waals surface area contributed by atoms with Crippen LogP contribution >= 0.6 is 11.6 Å². The van der Waals surface area contributed by atoms with Gasteiger partial charge in [0.1, 0.15) is 11.3 Å². The molecule has 1 fully saturated rings. The highest BCUT2D eigenvalue weighted by Crippen LogP contribution is 2.46. The van der Waals surface area contributed by atoms with E-state index in [1.165, 1.54) is 19.3 Å². The zero-order valence-corrected chi connectivity index (χ0v) is 13.5. The highest BCUT2D eigenvalue weighted by molar-refractivity contribution is 6.20. The van der Waals surface area contributed by atoms with E-state index in [0.717, 1.165) is 35.5 Å². The molecule has 1 saturated carbocycles. The van der Waals surface area contributed by atoms with Crippen molar-refractivity contribution in [3.8, 4) is 0 Å². The van der Waals surface area contributed by atoms with Crippen LogP contribution < -0.4 is 0 Å². The van der Waals surface area contributed by atoms with Crippen molar-refractivity contribution >= 4 is 22.8 Å². The minimum Gasteiger partial charge on any atom is -0.305 e. The Balaban J connectivity index is 2.32. The van der Waals surface area contributed by atoms with E-state index in [4.69, 9.17) is 16.6 Å². The maximum Gasteiger partial charge on any atom is 0.159 e. The molecule has 0 N–H and O–H groups in total. The summed E-state index contributed by atoms with van der Waals surface area (Å²) in [6.07, 6.45) is 5.77. The Morgan fingerprint density at radius 1 is 1.35 bits per heavy atom. The Kier molecular flexibility index (Phi) is 3.32. The van der Waals surface area contributed by atoms with Crippen LogP contribution in [-0.2, 0) is 19.0 Å². The van der Waals surface area contributed by atoms with Crippen LogP contribution in [0.15, 0.2) is 0 Å². The highest BCUT2D eigenvalue weighted by Gasteiger charge is 2.41. The second kappa shape index (κ2) is 4.76. The van der Waals surface area contributed by atoms with E-state index in [1.54, 1.807) is 0 Å². The van der Waals surface area contributed by atoms with E-state index in [-0.39, 0.29) is 10.9 Å². The Bertz CT molecular complexity index is 628. The van der Waals surface area contributed by atoms with Crippen LogP contribution in [-0.4, -0.2) is 19.3 Å². The lowest BCUT2D eigenvalue weighted by Crippen LogP contribution is -2.41. The normalized spacial score (nSPS) is 19.2. The number of halogens is 1. The van der Waals surface area contributed by atoms with Crippen molar-refractivity contribution in [2.24, 2.45) is 7.05 Å².